The summed E-state index contributed by atoms with van der Waals surface area (Å²) in [5.74, 6) is -1.73. The minimum absolute atomic E-state index is 0.00253. The summed E-state index contributed by atoms with van der Waals surface area (Å²) in [4.78, 5) is 34.6. The molecule has 6 rings (SSSR count). The summed E-state index contributed by atoms with van der Waals surface area (Å²) >= 11 is 6.43. The molecule has 4 atom stereocenters. The molecular weight excluding hydrogens is 624 g/mol. The standard InChI is InChI=1S/C36H35ClN2O6S/c1-46(42,43)33-15-12-27(21-29(33)37)28(31(40)13-14-32(41)30-23-38-18-19-39-30)20-24-16-17-36(22-24)44-34(25-8-4-2-5-9-25)35(45-36)26-10-6-3-7-11-26/h2-12,15,18-19,21,23-24,28,34-35H,13-14,16-17,20,22H2,1H3/t24?,28?,34-,35-/m1/s1. The zero-order chi connectivity index (χ0) is 32.3. The van der Waals surface area contributed by atoms with E-state index in [0.29, 0.717) is 24.8 Å². The highest BCUT2D eigenvalue weighted by Gasteiger charge is 2.52. The quantitative estimate of drug-likeness (QED) is 0.155. The third kappa shape index (κ3) is 7.13. The van der Waals surface area contributed by atoms with Crippen LogP contribution in [0.25, 0.3) is 0 Å². The first-order chi connectivity index (χ1) is 22.1. The van der Waals surface area contributed by atoms with Gasteiger partial charge in [0.1, 0.15) is 23.7 Å². The normalized spacial score (nSPS) is 21.3. The molecule has 1 saturated heterocycles. The van der Waals surface area contributed by atoms with Gasteiger partial charge in [0.15, 0.2) is 21.4 Å². The third-order valence-corrected chi connectivity index (χ3v) is 10.5. The van der Waals surface area contributed by atoms with E-state index < -0.39 is 21.5 Å². The van der Waals surface area contributed by atoms with Crippen molar-refractivity contribution < 1.29 is 27.5 Å². The minimum Gasteiger partial charge on any atom is -0.339 e. The van der Waals surface area contributed by atoms with Gasteiger partial charge >= 0.3 is 0 Å². The summed E-state index contributed by atoms with van der Waals surface area (Å²) in [6, 6.07) is 24.8. The number of halogens is 1. The molecule has 2 unspecified atom stereocenters. The molecule has 1 saturated carbocycles. The van der Waals surface area contributed by atoms with Gasteiger partial charge in [0.05, 0.1) is 16.1 Å². The average molecular weight is 659 g/mol. The maximum absolute atomic E-state index is 13.8. The summed E-state index contributed by atoms with van der Waals surface area (Å²) in [7, 11) is -3.55. The van der Waals surface area contributed by atoms with E-state index in [9.17, 15) is 18.0 Å². The Labute approximate surface area is 274 Å². The van der Waals surface area contributed by atoms with Gasteiger partial charge in [-0.05, 0) is 47.6 Å². The lowest BCUT2D eigenvalue weighted by Gasteiger charge is -2.25. The SMILES string of the molecule is CS(=O)(=O)c1ccc(C(CC2CCC3(C2)O[C@H](c2ccccc2)[C@@H](c2ccccc2)O3)C(=O)CCC(=O)c2cnccn2)cc1Cl. The van der Waals surface area contributed by atoms with Gasteiger partial charge in [-0.1, -0.05) is 78.3 Å². The van der Waals surface area contributed by atoms with Crippen molar-refractivity contribution in [2.24, 2.45) is 5.92 Å². The maximum atomic E-state index is 13.8. The van der Waals surface area contributed by atoms with Crippen molar-refractivity contribution >= 4 is 33.0 Å². The van der Waals surface area contributed by atoms with Gasteiger partial charge in [-0.15, -0.1) is 0 Å². The Morgan fingerprint density at radius 1 is 0.935 bits per heavy atom. The van der Waals surface area contributed by atoms with Crippen LogP contribution >= 0.6 is 11.6 Å². The Hall–Kier alpha value is -3.76. The number of hydrogen-bond donors (Lipinski definition) is 0. The number of sulfone groups is 1. The first-order valence-electron chi connectivity index (χ1n) is 15.4. The van der Waals surface area contributed by atoms with Crippen LogP contribution in [-0.4, -0.2) is 42.0 Å². The third-order valence-electron chi connectivity index (χ3n) is 8.91. The van der Waals surface area contributed by atoms with Crippen LogP contribution in [0.1, 0.15) is 83.8 Å². The number of nitrogens with zero attached hydrogens (tertiary/aromatic N) is 2. The van der Waals surface area contributed by atoms with Crippen LogP contribution in [-0.2, 0) is 24.1 Å². The number of ether oxygens (including phenoxy) is 2. The molecule has 3 aromatic carbocycles. The summed E-state index contributed by atoms with van der Waals surface area (Å²) < 4.78 is 38.0. The van der Waals surface area contributed by atoms with Gasteiger partial charge in [0.2, 0.25) is 0 Å². The molecule has 2 fully saturated rings. The predicted octanol–water partition coefficient (Wildman–Crippen LogP) is 7.27. The minimum atomic E-state index is -3.55. The van der Waals surface area contributed by atoms with Crippen molar-refractivity contribution in [2.75, 3.05) is 6.26 Å². The number of rotatable bonds is 11. The molecule has 0 N–H and O–H groups in total. The summed E-state index contributed by atoms with van der Waals surface area (Å²) in [6.45, 7) is 0. The lowest BCUT2D eigenvalue weighted by atomic mass is 9.83. The van der Waals surface area contributed by atoms with Gasteiger partial charge in [0.25, 0.3) is 0 Å². The van der Waals surface area contributed by atoms with E-state index in [0.717, 1.165) is 23.8 Å². The summed E-state index contributed by atoms with van der Waals surface area (Å²) in [5, 5.41) is 0.0650. The van der Waals surface area contributed by atoms with E-state index in [1.807, 2.05) is 36.4 Å². The molecule has 4 aromatic rings. The smallest absolute Gasteiger partial charge is 0.183 e. The number of Topliss-reactive ketones (excluding diaryl/α,β-unsaturated/α-hetero) is 2. The molecule has 1 aliphatic carbocycles. The molecule has 2 aliphatic rings. The molecule has 1 aromatic heterocycles. The van der Waals surface area contributed by atoms with Crippen molar-refractivity contribution in [1.29, 1.82) is 0 Å². The lowest BCUT2D eigenvalue weighted by Crippen LogP contribution is -2.27. The van der Waals surface area contributed by atoms with Gasteiger partial charge in [0, 0.05) is 50.3 Å². The fourth-order valence-electron chi connectivity index (χ4n) is 6.67. The van der Waals surface area contributed by atoms with Crippen LogP contribution in [0.2, 0.25) is 5.02 Å². The fraction of sp³-hybridized carbons (Fsp3) is 0.333. The summed E-state index contributed by atoms with van der Waals surface area (Å²) in [5.41, 5.74) is 2.91. The zero-order valence-electron chi connectivity index (χ0n) is 25.4. The van der Waals surface area contributed by atoms with Crippen LogP contribution in [0.4, 0.5) is 0 Å². The van der Waals surface area contributed by atoms with E-state index in [1.165, 1.54) is 24.7 Å². The lowest BCUT2D eigenvalue weighted by molar-refractivity contribution is -0.173. The molecular formula is C36H35ClN2O6S. The molecule has 46 heavy (non-hydrogen) atoms. The van der Waals surface area contributed by atoms with Crippen molar-refractivity contribution in [3.8, 4) is 0 Å². The number of hydrogen-bond acceptors (Lipinski definition) is 8. The molecule has 1 spiro atoms. The molecule has 2 heterocycles. The first kappa shape index (κ1) is 32.2. The van der Waals surface area contributed by atoms with Crippen molar-refractivity contribution in [3.05, 3.63) is 125 Å². The molecule has 0 radical (unpaired) electrons. The number of carbonyl (C=O) groups is 2. The Morgan fingerprint density at radius 3 is 2.15 bits per heavy atom. The highest BCUT2D eigenvalue weighted by Crippen LogP contribution is 2.55. The van der Waals surface area contributed by atoms with Gasteiger partial charge in [-0.2, -0.15) is 0 Å². The van der Waals surface area contributed by atoms with Gasteiger partial charge in [-0.25, -0.2) is 13.4 Å². The van der Waals surface area contributed by atoms with E-state index in [2.05, 4.69) is 34.2 Å². The average Bonchev–Trinajstić information content (AvgIpc) is 3.65. The maximum Gasteiger partial charge on any atom is 0.183 e. The molecule has 8 nitrogen and oxygen atoms in total. The molecule has 238 valence electrons. The second-order valence-electron chi connectivity index (χ2n) is 12.1. The van der Waals surface area contributed by atoms with E-state index in [1.54, 1.807) is 12.1 Å². The Balaban J connectivity index is 1.23. The number of aromatic nitrogens is 2. The number of carbonyl (C=O) groups excluding carboxylic acids is 2. The zero-order valence-corrected chi connectivity index (χ0v) is 27.0. The van der Waals surface area contributed by atoms with Gasteiger partial charge in [-0.3, -0.25) is 14.6 Å². The largest absolute Gasteiger partial charge is 0.339 e. The molecule has 0 bridgehead atoms. The van der Waals surface area contributed by atoms with Crippen LogP contribution in [0.3, 0.4) is 0 Å². The van der Waals surface area contributed by atoms with Crippen molar-refractivity contribution in [1.82, 2.24) is 9.97 Å². The highest BCUT2D eigenvalue weighted by atomic mass is 35.5. The van der Waals surface area contributed by atoms with E-state index in [-0.39, 0.29) is 58.1 Å². The number of benzene rings is 3. The van der Waals surface area contributed by atoms with Crippen molar-refractivity contribution in [3.63, 3.8) is 0 Å². The second-order valence-corrected chi connectivity index (χ2v) is 14.5. The van der Waals surface area contributed by atoms with E-state index >= 15 is 0 Å². The Bertz CT molecular complexity index is 1760. The molecule has 1 aliphatic heterocycles. The van der Waals surface area contributed by atoms with Crippen LogP contribution in [0.15, 0.2) is 102 Å². The Kier molecular flexibility index (Phi) is 9.47. The van der Waals surface area contributed by atoms with Crippen LogP contribution < -0.4 is 0 Å². The second kappa shape index (κ2) is 13.5. The molecule has 0 amide bonds. The van der Waals surface area contributed by atoms with E-state index in [4.69, 9.17) is 21.1 Å². The highest BCUT2D eigenvalue weighted by molar-refractivity contribution is 7.90. The Morgan fingerprint density at radius 2 is 1.59 bits per heavy atom. The molecule has 10 heteroatoms. The van der Waals surface area contributed by atoms with Crippen LogP contribution in [0.5, 0.6) is 0 Å². The van der Waals surface area contributed by atoms with Gasteiger partial charge < -0.3 is 9.47 Å². The first-order valence-corrected chi connectivity index (χ1v) is 17.7. The predicted molar refractivity (Wildman–Crippen MR) is 173 cm³/mol. The van der Waals surface area contributed by atoms with Crippen molar-refractivity contribution in [2.45, 2.75) is 67.3 Å². The number of ketones is 2. The van der Waals surface area contributed by atoms with Crippen LogP contribution in [0, 0.1) is 5.92 Å². The topological polar surface area (TPSA) is 113 Å². The summed E-state index contributed by atoms with van der Waals surface area (Å²) in [6.07, 6.45) is 7.36. The fourth-order valence-corrected chi connectivity index (χ4v) is 8.01. The monoisotopic (exact) mass is 658 g/mol.